The average Bonchev–Trinajstić information content (AvgIpc) is 3.07. The van der Waals surface area contributed by atoms with E-state index in [2.05, 4.69) is 15.1 Å². The number of phenolic OH excluding ortho intramolecular Hbond substituents is 1. The summed E-state index contributed by atoms with van der Waals surface area (Å²) in [5.74, 6) is -0.0732. The van der Waals surface area contributed by atoms with Gasteiger partial charge in [0.1, 0.15) is 22.0 Å². The van der Waals surface area contributed by atoms with Crippen molar-refractivity contribution in [2.24, 2.45) is 5.10 Å². The number of nitrogen functional groups attached to an aromatic ring is 1. The number of para-hydroxylation sites is 2. The van der Waals surface area contributed by atoms with Crippen LogP contribution in [0.3, 0.4) is 0 Å². The van der Waals surface area contributed by atoms with Gasteiger partial charge in [-0.25, -0.2) is 18.4 Å². The van der Waals surface area contributed by atoms with E-state index in [1.54, 1.807) is 48.5 Å². The highest BCUT2D eigenvalue weighted by Crippen LogP contribution is 2.35. The average molecular weight is 478 g/mol. The van der Waals surface area contributed by atoms with Gasteiger partial charge < -0.3 is 10.8 Å². The summed E-state index contributed by atoms with van der Waals surface area (Å²) in [6.07, 6.45) is 1.45. The minimum atomic E-state index is -4.10. The third-order valence-corrected chi connectivity index (χ3v) is 7.05. The molecule has 0 saturated carbocycles. The maximum atomic E-state index is 13.6. The van der Waals surface area contributed by atoms with Crippen LogP contribution in [0, 0.1) is 0 Å². The maximum absolute atomic E-state index is 13.6. The fraction of sp³-hybridized carbons (Fsp3) is 0. The van der Waals surface area contributed by atoms with Gasteiger partial charge in [-0.2, -0.15) is 9.78 Å². The van der Waals surface area contributed by atoms with E-state index in [9.17, 15) is 13.5 Å². The van der Waals surface area contributed by atoms with E-state index in [0.717, 1.165) is 0 Å². The van der Waals surface area contributed by atoms with Crippen molar-refractivity contribution >= 4 is 55.7 Å². The molecule has 5 aromatic rings. The van der Waals surface area contributed by atoms with E-state index in [-0.39, 0.29) is 37.5 Å². The number of sulfone groups is 1. The van der Waals surface area contributed by atoms with Crippen LogP contribution in [-0.2, 0) is 9.84 Å². The molecule has 0 spiro atoms. The molecule has 3 aromatic carbocycles. The monoisotopic (exact) mass is 477 g/mol. The second kappa shape index (κ2) is 7.88. The van der Waals surface area contributed by atoms with Crippen LogP contribution >= 0.6 is 11.6 Å². The van der Waals surface area contributed by atoms with E-state index in [1.165, 1.54) is 35.2 Å². The lowest BCUT2D eigenvalue weighted by molar-refractivity contribution is 0.475. The first kappa shape index (κ1) is 20.9. The number of hydrogen-bond acceptors (Lipinski definition) is 7. The minimum absolute atomic E-state index is 0.0207. The van der Waals surface area contributed by atoms with Crippen molar-refractivity contribution in [3.63, 3.8) is 0 Å². The SMILES string of the molecule is Nc1c(S(=O)(=O)c2cccc(Cl)c2)c2nc3ccccc3nc2n1/N=C\c1cccc(O)c1. The minimum Gasteiger partial charge on any atom is -0.508 e. The molecular weight excluding hydrogens is 462 g/mol. The Morgan fingerprint density at radius 3 is 2.42 bits per heavy atom. The Morgan fingerprint density at radius 1 is 0.970 bits per heavy atom. The molecule has 0 fully saturated rings. The van der Waals surface area contributed by atoms with Crippen molar-refractivity contribution in [3.05, 3.63) is 83.4 Å². The third-order valence-electron chi connectivity index (χ3n) is 5.00. The van der Waals surface area contributed by atoms with Gasteiger partial charge in [0.15, 0.2) is 5.65 Å². The molecule has 8 nitrogen and oxygen atoms in total. The number of aromatic nitrogens is 3. The van der Waals surface area contributed by atoms with Crippen molar-refractivity contribution in [2.75, 3.05) is 5.73 Å². The Morgan fingerprint density at radius 2 is 1.70 bits per heavy atom. The van der Waals surface area contributed by atoms with Gasteiger partial charge in [-0.1, -0.05) is 41.9 Å². The molecule has 0 amide bonds. The first-order valence-electron chi connectivity index (χ1n) is 9.75. The summed E-state index contributed by atoms with van der Waals surface area (Å²) in [6, 6.07) is 19.4. The molecule has 164 valence electrons. The summed E-state index contributed by atoms with van der Waals surface area (Å²) in [4.78, 5) is 8.91. The Balaban J connectivity index is 1.81. The van der Waals surface area contributed by atoms with E-state index in [4.69, 9.17) is 17.3 Å². The topological polar surface area (TPSA) is 123 Å². The van der Waals surface area contributed by atoms with E-state index >= 15 is 0 Å². The van der Waals surface area contributed by atoms with Crippen molar-refractivity contribution in [3.8, 4) is 5.75 Å². The van der Waals surface area contributed by atoms with Crippen LogP contribution in [0.5, 0.6) is 5.75 Å². The van der Waals surface area contributed by atoms with Crippen LogP contribution in [0.15, 0.2) is 87.7 Å². The van der Waals surface area contributed by atoms with Crippen molar-refractivity contribution < 1.29 is 13.5 Å². The van der Waals surface area contributed by atoms with Gasteiger partial charge in [0.2, 0.25) is 9.84 Å². The van der Waals surface area contributed by atoms with E-state index in [1.807, 2.05) is 0 Å². The lowest BCUT2D eigenvalue weighted by Gasteiger charge is -2.05. The highest BCUT2D eigenvalue weighted by Gasteiger charge is 2.30. The molecule has 2 aromatic heterocycles. The molecule has 0 aliphatic rings. The fourth-order valence-corrected chi connectivity index (χ4v) is 5.27. The van der Waals surface area contributed by atoms with Gasteiger partial charge in [-0.3, -0.25) is 0 Å². The summed E-state index contributed by atoms with van der Waals surface area (Å²) in [5, 5.41) is 14.3. The van der Waals surface area contributed by atoms with Crippen LogP contribution in [0.4, 0.5) is 5.82 Å². The first-order chi connectivity index (χ1) is 15.8. The maximum Gasteiger partial charge on any atom is 0.212 e. The molecule has 0 bridgehead atoms. The van der Waals surface area contributed by atoms with E-state index < -0.39 is 9.84 Å². The Kier molecular flexibility index (Phi) is 4.99. The lowest BCUT2D eigenvalue weighted by atomic mass is 10.2. The van der Waals surface area contributed by atoms with Crippen LogP contribution in [0.1, 0.15) is 5.56 Å². The number of fused-ring (bicyclic) bond motifs is 2. The molecule has 0 saturated heterocycles. The molecule has 0 aliphatic heterocycles. The van der Waals surface area contributed by atoms with Crippen LogP contribution in [0.2, 0.25) is 5.02 Å². The number of nitrogens with two attached hydrogens (primary N) is 1. The molecule has 10 heteroatoms. The zero-order valence-corrected chi connectivity index (χ0v) is 18.5. The van der Waals surface area contributed by atoms with Gasteiger partial charge in [0.25, 0.3) is 0 Å². The smallest absolute Gasteiger partial charge is 0.212 e. The fourth-order valence-electron chi connectivity index (χ4n) is 3.49. The standard InChI is InChI=1S/C23H16ClN5O3S/c24-15-6-4-8-17(12-15)33(31,32)21-20-23(28-19-10-2-1-9-18(19)27-20)29(22(21)25)26-13-14-5-3-7-16(30)11-14/h1-13,30H,25H2/b26-13-. The van der Waals surface area contributed by atoms with Crippen molar-refractivity contribution in [1.82, 2.24) is 14.6 Å². The molecule has 3 N–H and O–H groups in total. The molecule has 33 heavy (non-hydrogen) atoms. The Labute approximate surface area is 193 Å². The summed E-state index contributed by atoms with van der Waals surface area (Å²) >= 11 is 6.04. The number of hydrogen-bond donors (Lipinski definition) is 2. The number of halogens is 1. The van der Waals surface area contributed by atoms with Gasteiger partial charge in [0.05, 0.1) is 22.1 Å². The van der Waals surface area contributed by atoms with Gasteiger partial charge in [-0.05, 0) is 48.0 Å². The number of rotatable bonds is 4. The second-order valence-electron chi connectivity index (χ2n) is 7.21. The van der Waals surface area contributed by atoms with Crippen molar-refractivity contribution in [1.29, 1.82) is 0 Å². The van der Waals surface area contributed by atoms with Crippen molar-refractivity contribution in [2.45, 2.75) is 9.79 Å². The summed E-state index contributed by atoms with van der Waals surface area (Å²) in [6.45, 7) is 0. The van der Waals surface area contributed by atoms with E-state index in [0.29, 0.717) is 16.6 Å². The normalized spacial score (nSPS) is 12.2. The zero-order chi connectivity index (χ0) is 23.2. The molecule has 2 heterocycles. The number of nitrogens with zero attached hydrogens (tertiary/aromatic N) is 4. The highest BCUT2D eigenvalue weighted by atomic mass is 35.5. The quantitative estimate of drug-likeness (QED) is 0.373. The van der Waals surface area contributed by atoms with Crippen LogP contribution in [0.25, 0.3) is 22.2 Å². The second-order valence-corrected chi connectivity index (χ2v) is 9.53. The summed E-state index contributed by atoms with van der Waals surface area (Å²) < 4.78 is 28.4. The molecule has 0 atom stereocenters. The van der Waals surface area contributed by atoms with Crippen LogP contribution < -0.4 is 5.73 Å². The van der Waals surface area contributed by atoms with Gasteiger partial charge in [-0.15, -0.1) is 0 Å². The summed E-state index contributed by atoms with van der Waals surface area (Å²) in [7, 11) is -4.10. The van der Waals surface area contributed by atoms with Gasteiger partial charge in [0, 0.05) is 5.02 Å². The highest BCUT2D eigenvalue weighted by molar-refractivity contribution is 7.92. The third kappa shape index (κ3) is 3.67. The number of benzene rings is 3. The Bertz CT molecular complexity index is 1680. The predicted octanol–water partition coefficient (Wildman–Crippen LogP) is 4.24. The number of anilines is 1. The largest absolute Gasteiger partial charge is 0.508 e. The molecule has 0 radical (unpaired) electrons. The lowest BCUT2D eigenvalue weighted by Crippen LogP contribution is -2.06. The predicted molar refractivity (Wildman–Crippen MR) is 127 cm³/mol. The molecule has 0 unspecified atom stereocenters. The number of phenols is 1. The van der Waals surface area contributed by atoms with Gasteiger partial charge >= 0.3 is 0 Å². The summed E-state index contributed by atoms with van der Waals surface area (Å²) in [5.41, 5.74) is 8.28. The molecular formula is C23H16ClN5O3S. The molecule has 0 aliphatic carbocycles. The number of aromatic hydroxyl groups is 1. The molecule has 5 rings (SSSR count). The van der Waals surface area contributed by atoms with Crippen LogP contribution in [-0.4, -0.2) is 34.4 Å². The Hall–Kier alpha value is -3.95. The first-order valence-corrected chi connectivity index (χ1v) is 11.6. The zero-order valence-electron chi connectivity index (χ0n) is 16.9.